The molecule has 2 aliphatic carbocycles. The molecule has 1 atom stereocenters. The summed E-state index contributed by atoms with van der Waals surface area (Å²) in [4.78, 5) is 31.3. The Labute approximate surface area is 284 Å². The van der Waals surface area contributed by atoms with Gasteiger partial charge < -0.3 is 20.3 Å². The summed E-state index contributed by atoms with van der Waals surface area (Å²) in [6, 6.07) is 4.30. The molecular formula is C36H53FN6O4Si. The second-order valence-electron chi connectivity index (χ2n) is 15.1. The average molecular weight is 681 g/mol. The van der Waals surface area contributed by atoms with Crippen LogP contribution >= 0.6 is 0 Å². The van der Waals surface area contributed by atoms with Crippen LogP contribution in [0.1, 0.15) is 103 Å². The van der Waals surface area contributed by atoms with E-state index in [2.05, 4.69) is 40.2 Å². The number of halogens is 1. The van der Waals surface area contributed by atoms with Crippen LogP contribution in [-0.2, 0) is 16.3 Å². The number of carbonyl (C=O) groups excluding carboxylic acids is 2. The number of nitrogens with zero attached hydrogens (tertiary/aromatic N) is 4. The van der Waals surface area contributed by atoms with Gasteiger partial charge in [-0.1, -0.05) is 89.0 Å². The van der Waals surface area contributed by atoms with Gasteiger partial charge in [-0.2, -0.15) is 9.49 Å². The molecule has 48 heavy (non-hydrogen) atoms. The SMILES string of the molecule is Cc1noc(C(C(=O)Nc2ccc(-c3c(C)nn(COCC[Si](C)(C)C)c3C)c(F)n2)C(C2CCCCC2)C2CCCCC2)c1C(N)=O. The van der Waals surface area contributed by atoms with Crippen LogP contribution < -0.4 is 11.1 Å². The van der Waals surface area contributed by atoms with Crippen LogP contribution in [0.2, 0.25) is 25.7 Å². The van der Waals surface area contributed by atoms with Crippen LogP contribution in [-0.4, -0.2) is 46.4 Å². The highest BCUT2D eigenvalue weighted by molar-refractivity contribution is 6.76. The van der Waals surface area contributed by atoms with E-state index in [1.54, 1.807) is 23.7 Å². The van der Waals surface area contributed by atoms with Crippen molar-refractivity contribution in [1.29, 1.82) is 0 Å². The van der Waals surface area contributed by atoms with Crippen molar-refractivity contribution in [1.82, 2.24) is 19.9 Å². The zero-order valence-corrected chi connectivity index (χ0v) is 30.5. The molecule has 3 N–H and O–H groups in total. The molecule has 3 aromatic rings. The van der Waals surface area contributed by atoms with Crippen molar-refractivity contribution in [3.05, 3.63) is 46.5 Å². The van der Waals surface area contributed by atoms with Crippen molar-refractivity contribution >= 4 is 25.7 Å². The van der Waals surface area contributed by atoms with E-state index >= 15 is 4.39 Å². The first-order chi connectivity index (χ1) is 22.9. The van der Waals surface area contributed by atoms with E-state index in [4.69, 9.17) is 15.0 Å². The summed E-state index contributed by atoms with van der Waals surface area (Å²) in [7, 11) is -1.22. The molecule has 262 valence electrons. The van der Waals surface area contributed by atoms with E-state index < -0.39 is 25.8 Å². The van der Waals surface area contributed by atoms with Crippen molar-refractivity contribution in [2.24, 2.45) is 23.5 Å². The molecule has 0 spiro atoms. The van der Waals surface area contributed by atoms with E-state index in [9.17, 15) is 9.59 Å². The molecule has 2 aliphatic rings. The predicted octanol–water partition coefficient (Wildman–Crippen LogP) is 7.91. The maximum absolute atomic E-state index is 15.8. The summed E-state index contributed by atoms with van der Waals surface area (Å²) in [6.45, 7) is 13.3. The van der Waals surface area contributed by atoms with Gasteiger partial charge in [0.15, 0.2) is 5.76 Å². The maximum atomic E-state index is 15.8. The lowest BCUT2D eigenvalue weighted by Crippen LogP contribution is -2.39. The molecule has 1 unspecified atom stereocenters. The van der Waals surface area contributed by atoms with Gasteiger partial charge in [0.1, 0.15) is 24.0 Å². The van der Waals surface area contributed by atoms with Gasteiger partial charge >= 0.3 is 0 Å². The Morgan fingerprint density at radius 2 is 1.65 bits per heavy atom. The number of aryl methyl sites for hydroxylation is 2. The Kier molecular flexibility index (Phi) is 11.6. The maximum Gasteiger partial charge on any atom is 0.254 e. The number of pyridine rings is 1. The minimum atomic E-state index is -1.22. The third-order valence-corrected chi connectivity index (χ3v) is 12.1. The quantitative estimate of drug-likeness (QED) is 0.106. The lowest BCUT2D eigenvalue weighted by atomic mass is 9.63. The molecule has 0 saturated heterocycles. The Bertz CT molecular complexity index is 1570. The lowest BCUT2D eigenvalue weighted by Gasteiger charge is -2.41. The molecule has 0 aliphatic heterocycles. The smallest absolute Gasteiger partial charge is 0.254 e. The van der Waals surface area contributed by atoms with Crippen molar-refractivity contribution < 1.29 is 23.2 Å². The second-order valence-corrected chi connectivity index (χ2v) is 20.8. The Morgan fingerprint density at radius 1 is 1.02 bits per heavy atom. The van der Waals surface area contributed by atoms with Gasteiger partial charge in [-0.05, 0) is 56.7 Å². The van der Waals surface area contributed by atoms with Crippen molar-refractivity contribution in [3.8, 4) is 11.1 Å². The number of amides is 2. The summed E-state index contributed by atoms with van der Waals surface area (Å²) in [5.41, 5.74) is 8.76. The fourth-order valence-corrected chi connectivity index (χ4v) is 8.73. The number of nitrogens with two attached hydrogens (primary N) is 1. The molecule has 3 aromatic heterocycles. The Balaban J connectivity index is 1.43. The zero-order valence-electron chi connectivity index (χ0n) is 29.5. The molecule has 0 radical (unpaired) electrons. The molecule has 0 aromatic carbocycles. The van der Waals surface area contributed by atoms with Crippen LogP contribution in [0.5, 0.6) is 0 Å². The summed E-state index contributed by atoms with van der Waals surface area (Å²) >= 11 is 0. The van der Waals surface area contributed by atoms with Gasteiger partial charge in [0.05, 0.1) is 11.4 Å². The lowest BCUT2D eigenvalue weighted by molar-refractivity contribution is -0.121. The fourth-order valence-electron chi connectivity index (χ4n) is 7.97. The molecule has 2 saturated carbocycles. The summed E-state index contributed by atoms with van der Waals surface area (Å²) in [6.07, 6.45) is 10.8. The van der Waals surface area contributed by atoms with E-state index in [0.717, 1.165) is 63.1 Å². The largest absolute Gasteiger partial charge is 0.365 e. The first-order valence-corrected chi connectivity index (χ1v) is 21.4. The standard InChI is InChI=1S/C36H53FN6O4Si/c1-22-29(24(3)43(41-22)21-46-19-20-48(4,5)6)27-17-18-28(39-34(27)37)40-36(45)32(33-30(35(38)44)23(2)42-47-33)31(25-13-9-7-10-14-25)26-15-11-8-12-16-26/h17-18,25-26,31-32H,7-16,19-21H2,1-6H3,(H2,38,44)(H,39,40,45). The van der Waals surface area contributed by atoms with Crippen LogP contribution in [0.3, 0.4) is 0 Å². The average Bonchev–Trinajstić information content (AvgIpc) is 3.56. The van der Waals surface area contributed by atoms with Gasteiger partial charge in [0, 0.05) is 31.5 Å². The van der Waals surface area contributed by atoms with E-state index in [0.29, 0.717) is 35.9 Å². The van der Waals surface area contributed by atoms with Crippen molar-refractivity contribution in [2.75, 3.05) is 11.9 Å². The Morgan fingerprint density at radius 3 is 2.21 bits per heavy atom. The highest BCUT2D eigenvalue weighted by Gasteiger charge is 2.45. The summed E-state index contributed by atoms with van der Waals surface area (Å²) in [5.74, 6) is -1.76. The summed E-state index contributed by atoms with van der Waals surface area (Å²) < 4.78 is 29.3. The van der Waals surface area contributed by atoms with Crippen LogP contribution in [0.25, 0.3) is 11.1 Å². The molecule has 2 fully saturated rings. The third kappa shape index (κ3) is 8.24. The molecular weight excluding hydrogens is 628 g/mol. The molecule has 0 bridgehead atoms. The molecule has 10 nitrogen and oxygen atoms in total. The van der Waals surface area contributed by atoms with Crippen LogP contribution in [0, 0.1) is 44.5 Å². The van der Waals surface area contributed by atoms with Crippen LogP contribution in [0.15, 0.2) is 16.7 Å². The third-order valence-electron chi connectivity index (χ3n) is 10.4. The van der Waals surface area contributed by atoms with E-state index in [1.807, 2.05) is 13.8 Å². The number of nitrogens with one attached hydrogen (secondary N) is 1. The Hall–Kier alpha value is -3.38. The van der Waals surface area contributed by atoms with Gasteiger partial charge in [0.25, 0.3) is 5.91 Å². The molecule has 2 amide bonds. The molecule has 5 rings (SSSR count). The molecule has 3 heterocycles. The topological polar surface area (TPSA) is 138 Å². The fraction of sp³-hybridized carbons (Fsp3) is 0.639. The normalized spacial score (nSPS) is 17.2. The predicted molar refractivity (Wildman–Crippen MR) is 187 cm³/mol. The number of aromatic nitrogens is 4. The zero-order chi connectivity index (χ0) is 34.6. The van der Waals surface area contributed by atoms with E-state index in [-0.39, 0.29) is 40.8 Å². The van der Waals surface area contributed by atoms with Gasteiger partial charge in [-0.25, -0.2) is 9.67 Å². The summed E-state index contributed by atoms with van der Waals surface area (Å²) in [5, 5.41) is 11.6. The number of anilines is 1. The van der Waals surface area contributed by atoms with E-state index in [1.165, 1.54) is 12.8 Å². The second kappa shape index (κ2) is 15.4. The highest BCUT2D eigenvalue weighted by Crippen LogP contribution is 2.48. The number of rotatable bonds is 13. The molecule has 12 heteroatoms. The minimum absolute atomic E-state index is 0.0655. The number of hydrogen-bond acceptors (Lipinski definition) is 7. The number of hydrogen-bond donors (Lipinski definition) is 2. The highest BCUT2D eigenvalue weighted by atomic mass is 28.3. The number of carbonyl (C=O) groups is 2. The van der Waals surface area contributed by atoms with Gasteiger partial charge in [-0.15, -0.1) is 0 Å². The van der Waals surface area contributed by atoms with Gasteiger partial charge in [-0.3, -0.25) is 9.59 Å². The van der Waals surface area contributed by atoms with Crippen LogP contribution in [0.4, 0.5) is 10.2 Å². The number of primary amides is 1. The van der Waals surface area contributed by atoms with Crippen molar-refractivity contribution in [3.63, 3.8) is 0 Å². The van der Waals surface area contributed by atoms with Gasteiger partial charge in [0.2, 0.25) is 11.9 Å². The monoisotopic (exact) mass is 680 g/mol. The van der Waals surface area contributed by atoms with Crippen molar-refractivity contribution in [2.45, 2.75) is 123 Å². The first kappa shape index (κ1) is 35.9. The number of ether oxygens (including phenoxy) is 1. The minimum Gasteiger partial charge on any atom is -0.365 e. The first-order valence-electron chi connectivity index (χ1n) is 17.7.